The van der Waals surface area contributed by atoms with Crippen LogP contribution in [0.15, 0.2) is 28.7 Å². The van der Waals surface area contributed by atoms with Crippen molar-refractivity contribution in [3.8, 4) is 0 Å². The van der Waals surface area contributed by atoms with E-state index in [1.54, 1.807) is 29.2 Å². The fraction of sp³-hybridized carbons (Fsp3) is 0.389. The maximum atomic E-state index is 12.7. The number of carbonyl (C=O) groups excluding carboxylic acids is 2. The number of esters is 1. The Balaban J connectivity index is 1.75. The SMILES string of the molecule is COC(=O)c1ccc(C(=O)N2CCc3oc(C(C)C)nc3C2)cc1. The molecule has 0 aliphatic carbocycles. The predicted molar refractivity (Wildman–Crippen MR) is 86.8 cm³/mol. The van der Waals surface area contributed by atoms with E-state index in [4.69, 9.17) is 4.42 Å². The van der Waals surface area contributed by atoms with Gasteiger partial charge in [0.1, 0.15) is 11.5 Å². The highest BCUT2D eigenvalue weighted by Crippen LogP contribution is 2.24. The normalized spacial score (nSPS) is 13.8. The Bertz CT molecular complexity index is 762. The number of ether oxygens (including phenoxy) is 1. The molecule has 126 valence electrons. The van der Waals surface area contributed by atoms with Gasteiger partial charge in [-0.1, -0.05) is 13.8 Å². The first-order chi connectivity index (χ1) is 11.5. The van der Waals surface area contributed by atoms with Gasteiger partial charge in [-0.15, -0.1) is 0 Å². The van der Waals surface area contributed by atoms with Gasteiger partial charge in [0.2, 0.25) is 0 Å². The van der Waals surface area contributed by atoms with Crippen LogP contribution in [-0.4, -0.2) is 35.4 Å². The van der Waals surface area contributed by atoms with Gasteiger partial charge in [-0.25, -0.2) is 9.78 Å². The summed E-state index contributed by atoms with van der Waals surface area (Å²) in [6.07, 6.45) is 0.668. The number of fused-ring (bicyclic) bond motifs is 1. The minimum absolute atomic E-state index is 0.0776. The minimum Gasteiger partial charge on any atom is -0.465 e. The smallest absolute Gasteiger partial charge is 0.337 e. The van der Waals surface area contributed by atoms with Crippen molar-refractivity contribution in [3.05, 3.63) is 52.7 Å². The first kappa shape index (κ1) is 16.2. The number of amides is 1. The molecule has 1 aliphatic heterocycles. The lowest BCUT2D eigenvalue weighted by Crippen LogP contribution is -2.35. The summed E-state index contributed by atoms with van der Waals surface area (Å²) in [5.74, 6) is 1.33. The summed E-state index contributed by atoms with van der Waals surface area (Å²) >= 11 is 0. The molecule has 1 amide bonds. The second kappa shape index (κ2) is 6.47. The number of carbonyl (C=O) groups is 2. The van der Waals surface area contributed by atoms with Gasteiger partial charge in [0.05, 0.1) is 19.2 Å². The molecule has 1 aromatic carbocycles. The van der Waals surface area contributed by atoms with Crippen LogP contribution in [0.2, 0.25) is 0 Å². The maximum Gasteiger partial charge on any atom is 0.337 e. The molecule has 0 atom stereocenters. The third-order valence-corrected chi connectivity index (χ3v) is 4.08. The quantitative estimate of drug-likeness (QED) is 0.810. The molecule has 1 aliphatic rings. The van der Waals surface area contributed by atoms with Crippen LogP contribution in [0.3, 0.4) is 0 Å². The first-order valence-electron chi connectivity index (χ1n) is 7.95. The zero-order chi connectivity index (χ0) is 17.3. The molecule has 6 nitrogen and oxygen atoms in total. The molecule has 2 heterocycles. The van der Waals surface area contributed by atoms with E-state index in [1.165, 1.54) is 7.11 Å². The van der Waals surface area contributed by atoms with Crippen molar-refractivity contribution in [1.82, 2.24) is 9.88 Å². The van der Waals surface area contributed by atoms with Crippen molar-refractivity contribution in [2.45, 2.75) is 32.7 Å². The van der Waals surface area contributed by atoms with Crippen molar-refractivity contribution in [2.24, 2.45) is 0 Å². The van der Waals surface area contributed by atoms with E-state index in [0.29, 0.717) is 30.6 Å². The topological polar surface area (TPSA) is 72.6 Å². The first-order valence-corrected chi connectivity index (χ1v) is 7.95. The lowest BCUT2D eigenvalue weighted by molar-refractivity contribution is 0.0599. The van der Waals surface area contributed by atoms with E-state index in [-0.39, 0.29) is 11.8 Å². The van der Waals surface area contributed by atoms with Gasteiger partial charge in [0.15, 0.2) is 5.89 Å². The Morgan fingerprint density at radius 1 is 1.21 bits per heavy atom. The molecular weight excluding hydrogens is 308 g/mol. The summed E-state index contributed by atoms with van der Waals surface area (Å²) in [5.41, 5.74) is 1.80. The van der Waals surface area contributed by atoms with Gasteiger partial charge >= 0.3 is 5.97 Å². The van der Waals surface area contributed by atoms with Crippen LogP contribution >= 0.6 is 0 Å². The summed E-state index contributed by atoms with van der Waals surface area (Å²) in [7, 11) is 1.33. The van der Waals surface area contributed by atoms with Crippen LogP contribution in [0.5, 0.6) is 0 Å². The van der Waals surface area contributed by atoms with E-state index in [9.17, 15) is 9.59 Å². The standard InChI is InChI=1S/C18H20N2O4/c1-11(2)16-19-14-10-20(9-8-15(14)24-16)17(21)12-4-6-13(7-5-12)18(22)23-3/h4-7,11H,8-10H2,1-3H3. The summed E-state index contributed by atoms with van der Waals surface area (Å²) in [5, 5.41) is 0. The van der Waals surface area contributed by atoms with E-state index in [0.717, 1.165) is 17.3 Å². The van der Waals surface area contributed by atoms with Crippen molar-refractivity contribution in [1.29, 1.82) is 0 Å². The molecular formula is C18H20N2O4. The Kier molecular flexibility index (Phi) is 4.38. The lowest BCUT2D eigenvalue weighted by Gasteiger charge is -2.25. The highest BCUT2D eigenvalue weighted by atomic mass is 16.5. The summed E-state index contributed by atoms with van der Waals surface area (Å²) in [6, 6.07) is 6.49. The molecule has 0 bridgehead atoms. The van der Waals surface area contributed by atoms with Crippen molar-refractivity contribution >= 4 is 11.9 Å². The monoisotopic (exact) mass is 328 g/mol. The largest absolute Gasteiger partial charge is 0.465 e. The van der Waals surface area contributed by atoms with Gasteiger partial charge in [0, 0.05) is 24.4 Å². The van der Waals surface area contributed by atoms with Crippen LogP contribution in [-0.2, 0) is 17.7 Å². The molecule has 1 aromatic heterocycles. The van der Waals surface area contributed by atoms with Crippen LogP contribution in [0, 0.1) is 0 Å². The third-order valence-electron chi connectivity index (χ3n) is 4.08. The second-order valence-corrected chi connectivity index (χ2v) is 6.12. The lowest BCUT2D eigenvalue weighted by atomic mass is 10.1. The zero-order valence-electron chi connectivity index (χ0n) is 14.0. The fourth-order valence-electron chi connectivity index (χ4n) is 2.69. The molecule has 0 spiro atoms. The number of methoxy groups -OCH3 is 1. The number of rotatable bonds is 3. The van der Waals surface area contributed by atoms with Gasteiger partial charge < -0.3 is 14.1 Å². The summed E-state index contributed by atoms with van der Waals surface area (Å²) < 4.78 is 10.4. The Morgan fingerprint density at radius 3 is 2.50 bits per heavy atom. The van der Waals surface area contributed by atoms with Crippen LogP contribution in [0.25, 0.3) is 0 Å². The molecule has 0 fully saturated rings. The average Bonchev–Trinajstić information content (AvgIpc) is 3.04. The molecule has 0 N–H and O–H groups in total. The van der Waals surface area contributed by atoms with E-state index in [1.807, 2.05) is 13.8 Å². The average molecular weight is 328 g/mol. The second-order valence-electron chi connectivity index (χ2n) is 6.12. The highest BCUT2D eigenvalue weighted by molar-refractivity contribution is 5.96. The van der Waals surface area contributed by atoms with Crippen molar-refractivity contribution in [3.63, 3.8) is 0 Å². The molecule has 0 radical (unpaired) electrons. The predicted octanol–water partition coefficient (Wildman–Crippen LogP) is 2.78. The van der Waals surface area contributed by atoms with E-state index in [2.05, 4.69) is 9.72 Å². The Labute approximate surface area is 140 Å². The molecule has 2 aromatic rings. The molecule has 6 heteroatoms. The Hall–Kier alpha value is -2.63. The summed E-state index contributed by atoms with van der Waals surface area (Å²) in [4.78, 5) is 30.4. The van der Waals surface area contributed by atoms with Gasteiger partial charge in [-0.05, 0) is 24.3 Å². The molecule has 24 heavy (non-hydrogen) atoms. The van der Waals surface area contributed by atoms with E-state index >= 15 is 0 Å². The Morgan fingerprint density at radius 2 is 1.88 bits per heavy atom. The summed E-state index contributed by atoms with van der Waals surface area (Å²) in [6.45, 7) is 5.10. The van der Waals surface area contributed by atoms with Gasteiger partial charge in [0.25, 0.3) is 5.91 Å². The minimum atomic E-state index is -0.416. The zero-order valence-corrected chi connectivity index (χ0v) is 14.0. The number of oxazole rings is 1. The van der Waals surface area contributed by atoms with Crippen LogP contribution in [0.1, 0.15) is 57.8 Å². The van der Waals surface area contributed by atoms with Gasteiger partial charge in [-0.2, -0.15) is 0 Å². The third kappa shape index (κ3) is 3.04. The highest BCUT2D eigenvalue weighted by Gasteiger charge is 2.26. The number of hydrogen-bond donors (Lipinski definition) is 0. The van der Waals surface area contributed by atoms with Gasteiger partial charge in [-0.3, -0.25) is 4.79 Å². The van der Waals surface area contributed by atoms with Crippen LogP contribution in [0.4, 0.5) is 0 Å². The molecule has 3 rings (SSSR count). The number of benzene rings is 1. The fourth-order valence-corrected chi connectivity index (χ4v) is 2.69. The number of aromatic nitrogens is 1. The molecule has 0 saturated carbocycles. The van der Waals surface area contributed by atoms with E-state index < -0.39 is 5.97 Å². The van der Waals surface area contributed by atoms with Crippen molar-refractivity contribution in [2.75, 3.05) is 13.7 Å². The van der Waals surface area contributed by atoms with Crippen molar-refractivity contribution < 1.29 is 18.7 Å². The van der Waals surface area contributed by atoms with Crippen LogP contribution < -0.4 is 0 Å². The maximum absolute atomic E-state index is 12.7. The molecule has 0 unspecified atom stereocenters. The number of nitrogens with zero attached hydrogens (tertiary/aromatic N) is 2. The number of hydrogen-bond acceptors (Lipinski definition) is 5. The molecule has 0 saturated heterocycles.